The van der Waals surface area contributed by atoms with E-state index in [9.17, 15) is 4.79 Å². The third-order valence-electron chi connectivity index (χ3n) is 2.94. The average Bonchev–Trinajstić information content (AvgIpc) is 2.70. The first-order valence-electron chi connectivity index (χ1n) is 6.59. The van der Waals surface area contributed by atoms with Crippen LogP contribution in [0.1, 0.15) is 30.2 Å². The van der Waals surface area contributed by atoms with Crippen LogP contribution in [0.25, 0.3) is 0 Å². The minimum Gasteiger partial charge on any atom is -0.384 e. The van der Waals surface area contributed by atoms with E-state index >= 15 is 0 Å². The predicted molar refractivity (Wildman–Crippen MR) is 82.0 cm³/mol. The van der Waals surface area contributed by atoms with Gasteiger partial charge in [0.25, 0.3) is 0 Å². The van der Waals surface area contributed by atoms with Gasteiger partial charge in [0.2, 0.25) is 0 Å². The molecule has 2 aromatic heterocycles. The number of rotatable bonds is 5. The van der Waals surface area contributed by atoms with Gasteiger partial charge in [0, 0.05) is 12.2 Å². The molecule has 21 heavy (non-hydrogen) atoms. The minimum atomic E-state index is -0.242. The second kappa shape index (κ2) is 6.13. The Morgan fingerprint density at radius 3 is 2.86 bits per heavy atom. The average molecular weight is 306 g/mol. The second-order valence-electron chi connectivity index (χ2n) is 4.74. The van der Waals surface area contributed by atoms with Gasteiger partial charge in [-0.3, -0.25) is 9.98 Å². The summed E-state index contributed by atoms with van der Waals surface area (Å²) in [6, 6.07) is 1.88. The lowest BCUT2D eigenvalue weighted by molar-refractivity contribution is 0.603. The number of hydrogen-bond donors (Lipinski definition) is 3. The highest BCUT2D eigenvalue weighted by atomic mass is 32.2. The summed E-state index contributed by atoms with van der Waals surface area (Å²) in [4.78, 5) is 16.2. The van der Waals surface area contributed by atoms with Crippen LogP contribution in [0.5, 0.6) is 0 Å². The molecule has 0 saturated heterocycles. The third kappa shape index (κ3) is 3.15. The van der Waals surface area contributed by atoms with E-state index in [1.165, 1.54) is 11.8 Å². The van der Waals surface area contributed by atoms with E-state index in [0.29, 0.717) is 22.3 Å². The van der Waals surface area contributed by atoms with E-state index < -0.39 is 0 Å². The molecule has 0 aliphatic heterocycles. The van der Waals surface area contributed by atoms with Gasteiger partial charge in [-0.1, -0.05) is 6.92 Å². The van der Waals surface area contributed by atoms with Crippen molar-refractivity contribution < 1.29 is 0 Å². The zero-order valence-electron chi connectivity index (χ0n) is 12.2. The quantitative estimate of drug-likeness (QED) is 0.571. The van der Waals surface area contributed by atoms with Crippen LogP contribution in [0.3, 0.4) is 0 Å². The number of nitrogens with one attached hydrogen (secondary N) is 2. The molecule has 2 rings (SSSR count). The van der Waals surface area contributed by atoms with Gasteiger partial charge in [-0.2, -0.15) is 0 Å². The highest BCUT2D eigenvalue weighted by Gasteiger charge is 2.17. The van der Waals surface area contributed by atoms with E-state index in [1.54, 1.807) is 4.57 Å². The summed E-state index contributed by atoms with van der Waals surface area (Å²) >= 11 is 1.25. The Labute approximate surface area is 126 Å². The number of pyridine rings is 1. The molecule has 112 valence electrons. The van der Waals surface area contributed by atoms with Crippen molar-refractivity contribution in [3.63, 3.8) is 0 Å². The van der Waals surface area contributed by atoms with Crippen LogP contribution in [0.2, 0.25) is 0 Å². The lowest BCUT2D eigenvalue weighted by atomic mass is 10.1. The first kappa shape index (κ1) is 15.3. The molecule has 0 bridgehead atoms. The minimum absolute atomic E-state index is 0.0394. The molecule has 0 radical (unpaired) electrons. The standard InChI is InChI=1S/C13H18N6OS/c1-4-5-19-12(20)17-18-13(19)21-11-9(10(14)15)7(2)6-8(3)16-11/h6H,4-5H2,1-3H3,(H3,14,15)(H,17,20). The van der Waals surface area contributed by atoms with E-state index in [4.69, 9.17) is 11.1 Å². The van der Waals surface area contributed by atoms with Gasteiger partial charge in [0.15, 0.2) is 5.16 Å². The maximum absolute atomic E-state index is 11.7. The van der Waals surface area contributed by atoms with Gasteiger partial charge >= 0.3 is 5.69 Å². The topological polar surface area (TPSA) is 113 Å². The number of nitrogens with two attached hydrogens (primary N) is 1. The van der Waals surface area contributed by atoms with Crippen molar-refractivity contribution in [2.75, 3.05) is 0 Å². The molecule has 0 unspecified atom stereocenters. The van der Waals surface area contributed by atoms with Gasteiger partial charge < -0.3 is 5.73 Å². The Morgan fingerprint density at radius 1 is 1.52 bits per heavy atom. The fraction of sp³-hybridized carbons (Fsp3) is 0.385. The number of nitrogen functional groups attached to an aromatic ring is 1. The van der Waals surface area contributed by atoms with E-state index in [-0.39, 0.29) is 11.5 Å². The van der Waals surface area contributed by atoms with Crippen molar-refractivity contribution in [1.29, 1.82) is 5.41 Å². The molecule has 2 heterocycles. The van der Waals surface area contributed by atoms with Crippen LogP contribution in [0, 0.1) is 19.3 Å². The van der Waals surface area contributed by atoms with E-state index in [0.717, 1.165) is 17.7 Å². The maximum Gasteiger partial charge on any atom is 0.343 e. The molecule has 0 atom stereocenters. The largest absolute Gasteiger partial charge is 0.384 e. The molecule has 0 spiro atoms. The maximum atomic E-state index is 11.7. The summed E-state index contributed by atoms with van der Waals surface area (Å²) < 4.78 is 1.56. The van der Waals surface area contributed by atoms with Crippen LogP contribution >= 0.6 is 11.8 Å². The van der Waals surface area contributed by atoms with Crippen LogP contribution in [-0.2, 0) is 6.54 Å². The van der Waals surface area contributed by atoms with Gasteiger partial charge in [-0.05, 0) is 43.7 Å². The molecule has 0 fully saturated rings. The van der Waals surface area contributed by atoms with Crippen LogP contribution in [0.4, 0.5) is 0 Å². The molecule has 0 saturated carbocycles. The number of nitrogens with zero attached hydrogens (tertiary/aromatic N) is 3. The number of aromatic amines is 1. The Morgan fingerprint density at radius 2 is 2.24 bits per heavy atom. The van der Waals surface area contributed by atoms with Crippen molar-refractivity contribution in [1.82, 2.24) is 19.7 Å². The number of hydrogen-bond acceptors (Lipinski definition) is 5. The van der Waals surface area contributed by atoms with Crippen molar-refractivity contribution >= 4 is 17.6 Å². The molecule has 0 aliphatic carbocycles. The normalized spacial score (nSPS) is 10.8. The highest BCUT2D eigenvalue weighted by molar-refractivity contribution is 7.99. The predicted octanol–water partition coefficient (Wildman–Crippen LogP) is 1.43. The Balaban J connectivity index is 2.49. The van der Waals surface area contributed by atoms with Crippen molar-refractivity contribution in [3.05, 3.63) is 33.4 Å². The van der Waals surface area contributed by atoms with Crippen LogP contribution in [0.15, 0.2) is 21.0 Å². The smallest absolute Gasteiger partial charge is 0.343 e. The summed E-state index contributed by atoms with van der Waals surface area (Å²) in [5.74, 6) is -0.0394. The molecule has 2 aromatic rings. The zero-order chi connectivity index (χ0) is 15.6. The van der Waals surface area contributed by atoms with Crippen LogP contribution < -0.4 is 11.4 Å². The molecular formula is C13H18N6OS. The van der Waals surface area contributed by atoms with Crippen molar-refractivity contribution in [3.8, 4) is 0 Å². The van der Waals surface area contributed by atoms with Gasteiger partial charge in [-0.25, -0.2) is 14.9 Å². The number of amidine groups is 1. The SMILES string of the molecule is CCCn1c(Sc2nc(C)cc(C)c2C(=N)N)n[nH]c1=O. The molecule has 8 heteroatoms. The molecule has 0 amide bonds. The Kier molecular flexibility index (Phi) is 4.46. The molecule has 4 N–H and O–H groups in total. The monoisotopic (exact) mass is 306 g/mol. The van der Waals surface area contributed by atoms with Gasteiger partial charge in [-0.15, -0.1) is 5.10 Å². The molecular weight excluding hydrogens is 288 g/mol. The summed E-state index contributed by atoms with van der Waals surface area (Å²) in [7, 11) is 0. The van der Waals surface area contributed by atoms with E-state index in [2.05, 4.69) is 15.2 Å². The highest BCUT2D eigenvalue weighted by Crippen LogP contribution is 2.28. The first-order chi connectivity index (χ1) is 9.93. The molecule has 0 aromatic carbocycles. The fourth-order valence-electron chi connectivity index (χ4n) is 2.09. The summed E-state index contributed by atoms with van der Waals surface area (Å²) in [6.45, 7) is 6.34. The van der Waals surface area contributed by atoms with E-state index in [1.807, 2.05) is 26.8 Å². The number of aryl methyl sites for hydroxylation is 2. The summed E-state index contributed by atoms with van der Waals surface area (Å²) in [5, 5.41) is 15.3. The Bertz CT molecular complexity index is 733. The number of H-pyrrole nitrogens is 1. The Hall–Kier alpha value is -2.09. The van der Waals surface area contributed by atoms with Crippen LogP contribution in [-0.4, -0.2) is 25.6 Å². The fourth-order valence-corrected chi connectivity index (χ4v) is 3.20. The van der Waals surface area contributed by atoms with Crippen molar-refractivity contribution in [2.45, 2.75) is 43.9 Å². The van der Waals surface area contributed by atoms with Gasteiger partial charge in [0.1, 0.15) is 10.9 Å². The number of aromatic nitrogens is 4. The van der Waals surface area contributed by atoms with Crippen molar-refractivity contribution in [2.24, 2.45) is 5.73 Å². The zero-order valence-corrected chi connectivity index (χ0v) is 13.0. The molecule has 0 aliphatic rings. The lowest BCUT2D eigenvalue weighted by Gasteiger charge is -2.11. The lowest BCUT2D eigenvalue weighted by Crippen LogP contribution is -2.18. The second-order valence-corrected chi connectivity index (χ2v) is 5.70. The molecule has 7 nitrogen and oxygen atoms in total. The summed E-state index contributed by atoms with van der Waals surface area (Å²) in [5.41, 5.74) is 7.72. The summed E-state index contributed by atoms with van der Waals surface area (Å²) in [6.07, 6.45) is 0.826. The first-order valence-corrected chi connectivity index (χ1v) is 7.41. The van der Waals surface area contributed by atoms with Gasteiger partial charge in [0.05, 0.1) is 5.56 Å². The third-order valence-corrected chi connectivity index (χ3v) is 3.92.